The molecule has 0 atom stereocenters. The number of carbonyl (C=O) groups is 2. The Kier molecular flexibility index (Phi) is 5.64. The molecule has 0 unspecified atom stereocenters. The molecule has 18 heavy (non-hydrogen) atoms. The van der Waals surface area contributed by atoms with E-state index in [1.807, 2.05) is 24.3 Å². The van der Waals surface area contributed by atoms with Crippen molar-refractivity contribution in [3.63, 3.8) is 0 Å². The number of hydrogen-bond acceptors (Lipinski definition) is 4. The van der Waals surface area contributed by atoms with Crippen molar-refractivity contribution in [1.82, 2.24) is 0 Å². The van der Waals surface area contributed by atoms with Crippen LogP contribution in [-0.4, -0.2) is 18.7 Å². The van der Waals surface area contributed by atoms with Crippen LogP contribution in [-0.2, 0) is 25.5 Å². The largest absolute Gasteiger partial charge is 0.428 e. The maximum atomic E-state index is 11.4. The molecule has 0 heterocycles. The fraction of sp³-hybridized carbons (Fsp3) is 0.286. The van der Waals surface area contributed by atoms with E-state index in [1.165, 1.54) is 0 Å². The average molecular weight is 248 g/mol. The fourth-order valence-electron chi connectivity index (χ4n) is 1.31. The minimum Gasteiger partial charge on any atom is -0.428 e. The molecule has 0 aliphatic heterocycles. The summed E-state index contributed by atoms with van der Waals surface area (Å²) in [5, 5.41) is 0. The summed E-state index contributed by atoms with van der Waals surface area (Å²) in [5.41, 5.74) is 1.77. The normalized spacial score (nSPS) is 9.61. The smallest absolute Gasteiger partial charge is 0.313 e. The summed E-state index contributed by atoms with van der Waals surface area (Å²) in [4.78, 5) is 22.3. The highest BCUT2D eigenvalue weighted by atomic mass is 16.7. The Bertz CT molecular complexity index is 437. The third-order valence-electron chi connectivity index (χ3n) is 2.26. The van der Waals surface area contributed by atoms with Gasteiger partial charge in [0.05, 0.1) is 6.42 Å². The van der Waals surface area contributed by atoms with Gasteiger partial charge >= 0.3 is 11.9 Å². The summed E-state index contributed by atoms with van der Waals surface area (Å²) in [7, 11) is 0. The molecular formula is C14H16O4. The van der Waals surface area contributed by atoms with Crippen LogP contribution in [0.15, 0.2) is 30.8 Å². The summed E-state index contributed by atoms with van der Waals surface area (Å²) < 4.78 is 9.43. The van der Waals surface area contributed by atoms with Crippen LogP contribution >= 0.6 is 0 Å². The SMILES string of the molecule is C=Cc1cccc(CC(=O)OCOC(=O)CC)c1. The van der Waals surface area contributed by atoms with Gasteiger partial charge in [-0.05, 0) is 11.1 Å². The minimum atomic E-state index is -0.430. The molecule has 0 bridgehead atoms. The first-order valence-corrected chi connectivity index (χ1v) is 5.68. The third kappa shape index (κ3) is 4.82. The zero-order chi connectivity index (χ0) is 13.4. The zero-order valence-corrected chi connectivity index (χ0v) is 10.3. The quantitative estimate of drug-likeness (QED) is 0.572. The van der Waals surface area contributed by atoms with Crippen molar-refractivity contribution in [3.8, 4) is 0 Å². The second kappa shape index (κ2) is 7.27. The lowest BCUT2D eigenvalue weighted by atomic mass is 10.1. The van der Waals surface area contributed by atoms with Crippen LogP contribution in [0.3, 0.4) is 0 Å². The average Bonchev–Trinajstić information content (AvgIpc) is 2.38. The first-order valence-electron chi connectivity index (χ1n) is 5.68. The van der Waals surface area contributed by atoms with Gasteiger partial charge in [0.2, 0.25) is 6.79 Å². The first kappa shape index (κ1) is 14.0. The van der Waals surface area contributed by atoms with Crippen LogP contribution < -0.4 is 0 Å². The molecule has 0 N–H and O–H groups in total. The lowest BCUT2D eigenvalue weighted by Crippen LogP contribution is -2.13. The maximum Gasteiger partial charge on any atom is 0.313 e. The molecule has 0 saturated heterocycles. The monoisotopic (exact) mass is 248 g/mol. The van der Waals surface area contributed by atoms with E-state index < -0.39 is 11.9 Å². The van der Waals surface area contributed by atoms with Gasteiger partial charge in [-0.2, -0.15) is 0 Å². The van der Waals surface area contributed by atoms with Crippen LogP contribution in [0.1, 0.15) is 24.5 Å². The third-order valence-corrected chi connectivity index (χ3v) is 2.26. The minimum absolute atomic E-state index is 0.144. The number of ether oxygens (including phenoxy) is 2. The predicted molar refractivity (Wildman–Crippen MR) is 67.6 cm³/mol. The molecule has 0 aromatic heterocycles. The predicted octanol–water partition coefficient (Wildman–Crippen LogP) is 2.33. The summed E-state index contributed by atoms with van der Waals surface area (Å²) in [6.07, 6.45) is 2.11. The van der Waals surface area contributed by atoms with Gasteiger partial charge in [-0.1, -0.05) is 43.8 Å². The Morgan fingerprint density at radius 3 is 2.67 bits per heavy atom. The molecule has 0 amide bonds. The Balaban J connectivity index is 2.39. The molecule has 0 aliphatic rings. The zero-order valence-electron chi connectivity index (χ0n) is 10.3. The molecule has 1 aromatic rings. The summed E-state index contributed by atoms with van der Waals surface area (Å²) >= 11 is 0. The van der Waals surface area contributed by atoms with Crippen LogP contribution in [0.2, 0.25) is 0 Å². The van der Waals surface area contributed by atoms with Crippen LogP contribution in [0, 0.1) is 0 Å². The molecule has 0 spiro atoms. The molecule has 0 saturated carbocycles. The molecule has 1 rings (SSSR count). The van der Waals surface area contributed by atoms with Crippen molar-refractivity contribution in [2.45, 2.75) is 19.8 Å². The van der Waals surface area contributed by atoms with Gasteiger partial charge in [0.25, 0.3) is 0 Å². The Morgan fingerprint density at radius 1 is 1.28 bits per heavy atom. The Labute approximate surface area is 106 Å². The van der Waals surface area contributed by atoms with E-state index in [4.69, 9.17) is 4.74 Å². The van der Waals surface area contributed by atoms with Crippen molar-refractivity contribution in [2.24, 2.45) is 0 Å². The van der Waals surface area contributed by atoms with Gasteiger partial charge < -0.3 is 9.47 Å². The van der Waals surface area contributed by atoms with Gasteiger partial charge in [-0.25, -0.2) is 0 Å². The van der Waals surface area contributed by atoms with E-state index in [-0.39, 0.29) is 19.6 Å². The summed E-state index contributed by atoms with van der Waals surface area (Å²) in [6.45, 7) is 5.00. The van der Waals surface area contributed by atoms with Crippen molar-refractivity contribution < 1.29 is 19.1 Å². The Hall–Kier alpha value is -2.10. The van der Waals surface area contributed by atoms with E-state index in [0.29, 0.717) is 0 Å². The van der Waals surface area contributed by atoms with E-state index in [1.54, 1.807) is 13.0 Å². The van der Waals surface area contributed by atoms with Crippen molar-refractivity contribution >= 4 is 18.0 Å². The number of hydrogen-bond donors (Lipinski definition) is 0. The molecule has 4 heteroatoms. The van der Waals surface area contributed by atoms with Gasteiger partial charge in [0.15, 0.2) is 0 Å². The van der Waals surface area contributed by atoms with Crippen molar-refractivity contribution in [3.05, 3.63) is 42.0 Å². The number of esters is 2. The van der Waals surface area contributed by atoms with E-state index in [9.17, 15) is 9.59 Å². The lowest BCUT2D eigenvalue weighted by Gasteiger charge is -2.05. The van der Waals surface area contributed by atoms with Crippen LogP contribution in [0.25, 0.3) is 6.08 Å². The standard InChI is InChI=1S/C14H16O4/c1-3-11-6-5-7-12(8-11)9-14(16)18-10-17-13(15)4-2/h3,5-8H,1,4,9-10H2,2H3. The molecular weight excluding hydrogens is 232 g/mol. The van der Waals surface area contributed by atoms with E-state index in [2.05, 4.69) is 11.3 Å². The fourth-order valence-corrected chi connectivity index (χ4v) is 1.31. The van der Waals surface area contributed by atoms with Crippen LogP contribution in [0.5, 0.6) is 0 Å². The van der Waals surface area contributed by atoms with E-state index >= 15 is 0 Å². The number of benzene rings is 1. The van der Waals surface area contributed by atoms with Gasteiger partial charge in [-0.15, -0.1) is 0 Å². The highest BCUT2D eigenvalue weighted by molar-refractivity contribution is 5.73. The summed E-state index contributed by atoms with van der Waals surface area (Å²) in [6, 6.07) is 7.42. The van der Waals surface area contributed by atoms with Gasteiger partial charge in [-0.3, -0.25) is 9.59 Å². The molecule has 96 valence electrons. The molecule has 0 fully saturated rings. The maximum absolute atomic E-state index is 11.4. The van der Waals surface area contributed by atoms with E-state index in [0.717, 1.165) is 11.1 Å². The highest BCUT2D eigenvalue weighted by Crippen LogP contribution is 2.07. The van der Waals surface area contributed by atoms with Gasteiger partial charge in [0, 0.05) is 6.42 Å². The first-order chi connectivity index (χ1) is 8.65. The summed E-state index contributed by atoms with van der Waals surface area (Å²) in [5.74, 6) is -0.823. The highest BCUT2D eigenvalue weighted by Gasteiger charge is 2.06. The molecule has 4 nitrogen and oxygen atoms in total. The second-order valence-corrected chi connectivity index (χ2v) is 3.63. The number of rotatable bonds is 6. The Morgan fingerprint density at radius 2 is 2.00 bits per heavy atom. The lowest BCUT2D eigenvalue weighted by molar-refractivity contribution is -0.166. The second-order valence-electron chi connectivity index (χ2n) is 3.63. The van der Waals surface area contributed by atoms with Crippen molar-refractivity contribution in [1.29, 1.82) is 0 Å². The molecule has 1 aromatic carbocycles. The molecule has 0 radical (unpaired) electrons. The van der Waals surface area contributed by atoms with Crippen molar-refractivity contribution in [2.75, 3.05) is 6.79 Å². The molecule has 0 aliphatic carbocycles. The topological polar surface area (TPSA) is 52.6 Å². The van der Waals surface area contributed by atoms with Crippen LogP contribution in [0.4, 0.5) is 0 Å². The number of carbonyl (C=O) groups excluding carboxylic acids is 2. The van der Waals surface area contributed by atoms with Gasteiger partial charge in [0.1, 0.15) is 0 Å².